The Bertz CT molecular complexity index is 841. The lowest BCUT2D eigenvalue weighted by molar-refractivity contribution is -0.124. The summed E-state index contributed by atoms with van der Waals surface area (Å²) in [7, 11) is 2.93. The van der Waals surface area contributed by atoms with Gasteiger partial charge in [0.15, 0.2) is 6.61 Å². The van der Waals surface area contributed by atoms with Crippen molar-refractivity contribution in [2.45, 2.75) is 13.0 Å². The van der Waals surface area contributed by atoms with E-state index in [2.05, 4.69) is 5.32 Å². The van der Waals surface area contributed by atoms with Crippen LogP contribution in [-0.4, -0.2) is 32.7 Å². The van der Waals surface area contributed by atoms with Crippen LogP contribution in [0.3, 0.4) is 0 Å². The highest BCUT2D eigenvalue weighted by molar-refractivity contribution is 6.35. The van der Waals surface area contributed by atoms with E-state index in [0.29, 0.717) is 27.1 Å². The molecule has 0 aliphatic rings. The molecular formula is C19H19Cl2NO5. The Balaban J connectivity index is 1.96. The molecule has 0 fully saturated rings. The van der Waals surface area contributed by atoms with E-state index in [4.69, 9.17) is 37.4 Å². The molecule has 8 heteroatoms. The van der Waals surface area contributed by atoms with E-state index in [-0.39, 0.29) is 11.6 Å². The van der Waals surface area contributed by atoms with Gasteiger partial charge in [0, 0.05) is 16.1 Å². The highest BCUT2D eigenvalue weighted by atomic mass is 35.5. The van der Waals surface area contributed by atoms with Gasteiger partial charge in [-0.2, -0.15) is 0 Å². The Kier molecular flexibility index (Phi) is 7.33. The number of carbonyl (C=O) groups is 2. The van der Waals surface area contributed by atoms with Crippen LogP contribution in [0.1, 0.15) is 28.9 Å². The van der Waals surface area contributed by atoms with Crippen LogP contribution < -0.4 is 14.8 Å². The lowest BCUT2D eigenvalue weighted by Gasteiger charge is -2.16. The van der Waals surface area contributed by atoms with Crippen LogP contribution in [-0.2, 0) is 9.53 Å². The third kappa shape index (κ3) is 5.52. The number of esters is 1. The van der Waals surface area contributed by atoms with Gasteiger partial charge in [0.1, 0.15) is 17.1 Å². The van der Waals surface area contributed by atoms with Crippen LogP contribution in [0.2, 0.25) is 10.0 Å². The van der Waals surface area contributed by atoms with Gasteiger partial charge in [-0.25, -0.2) is 4.79 Å². The topological polar surface area (TPSA) is 73.9 Å². The summed E-state index contributed by atoms with van der Waals surface area (Å²) >= 11 is 12.0. The number of carbonyl (C=O) groups excluding carboxylic acids is 2. The van der Waals surface area contributed by atoms with Crippen molar-refractivity contribution >= 4 is 35.1 Å². The SMILES string of the molecule is COc1ccc(C(=O)OCC(=O)N[C@H](C)c2ccc(Cl)cc2Cl)c(OC)c1. The molecule has 1 amide bonds. The molecule has 1 atom stereocenters. The fourth-order valence-electron chi connectivity index (χ4n) is 2.39. The van der Waals surface area contributed by atoms with Crippen molar-refractivity contribution in [3.63, 3.8) is 0 Å². The number of rotatable bonds is 7. The molecule has 1 N–H and O–H groups in total. The Hall–Kier alpha value is -2.44. The highest BCUT2D eigenvalue weighted by Crippen LogP contribution is 2.26. The van der Waals surface area contributed by atoms with E-state index in [9.17, 15) is 9.59 Å². The minimum absolute atomic E-state index is 0.194. The summed E-state index contributed by atoms with van der Waals surface area (Å²) in [5.74, 6) is -0.313. The lowest BCUT2D eigenvalue weighted by atomic mass is 10.1. The number of halogens is 2. The zero-order chi connectivity index (χ0) is 20.0. The van der Waals surface area contributed by atoms with Crippen molar-refractivity contribution in [2.75, 3.05) is 20.8 Å². The first-order valence-electron chi connectivity index (χ1n) is 7.99. The molecule has 0 saturated carbocycles. The summed E-state index contributed by atoms with van der Waals surface area (Å²) in [5, 5.41) is 3.66. The van der Waals surface area contributed by atoms with Gasteiger partial charge in [0.2, 0.25) is 0 Å². The summed E-state index contributed by atoms with van der Waals surface area (Å²) in [5.41, 5.74) is 0.900. The van der Waals surface area contributed by atoms with Gasteiger partial charge < -0.3 is 19.5 Å². The van der Waals surface area contributed by atoms with Crippen LogP contribution in [0.4, 0.5) is 0 Å². The molecule has 0 bridgehead atoms. The Morgan fingerprint density at radius 3 is 2.44 bits per heavy atom. The number of hydrogen-bond donors (Lipinski definition) is 1. The Morgan fingerprint density at radius 1 is 1.07 bits per heavy atom. The molecule has 0 radical (unpaired) electrons. The van der Waals surface area contributed by atoms with Crippen molar-refractivity contribution in [3.8, 4) is 11.5 Å². The smallest absolute Gasteiger partial charge is 0.342 e. The number of methoxy groups -OCH3 is 2. The third-order valence-electron chi connectivity index (χ3n) is 3.77. The molecule has 0 unspecified atom stereocenters. The summed E-state index contributed by atoms with van der Waals surface area (Å²) < 4.78 is 15.3. The molecule has 0 aliphatic heterocycles. The fraction of sp³-hybridized carbons (Fsp3) is 0.263. The predicted molar refractivity (Wildman–Crippen MR) is 103 cm³/mol. The molecule has 2 aromatic carbocycles. The average Bonchev–Trinajstić information content (AvgIpc) is 2.65. The summed E-state index contributed by atoms with van der Waals surface area (Å²) in [4.78, 5) is 24.3. The number of benzene rings is 2. The summed E-state index contributed by atoms with van der Waals surface area (Å²) in [6.45, 7) is 1.32. The molecule has 0 aliphatic carbocycles. The second-order valence-electron chi connectivity index (χ2n) is 5.60. The number of ether oxygens (including phenoxy) is 3. The van der Waals surface area contributed by atoms with Gasteiger partial charge in [-0.05, 0) is 36.8 Å². The number of amides is 1. The van der Waals surface area contributed by atoms with Crippen molar-refractivity contribution in [3.05, 3.63) is 57.6 Å². The zero-order valence-corrected chi connectivity index (χ0v) is 16.6. The molecule has 0 saturated heterocycles. The van der Waals surface area contributed by atoms with Crippen LogP contribution in [0.25, 0.3) is 0 Å². The molecule has 0 aromatic heterocycles. The van der Waals surface area contributed by atoms with E-state index in [1.54, 1.807) is 37.3 Å². The van der Waals surface area contributed by atoms with Gasteiger partial charge in [-0.15, -0.1) is 0 Å². The fourth-order valence-corrected chi connectivity index (χ4v) is 2.96. The standard InChI is InChI=1S/C19H19Cl2NO5/c1-11(14-6-4-12(20)8-16(14)21)22-18(23)10-27-19(24)15-7-5-13(25-2)9-17(15)26-3/h4-9,11H,10H2,1-3H3,(H,22,23)/t11-/m1/s1. The quantitative estimate of drug-likeness (QED) is 0.695. The van der Waals surface area contributed by atoms with Gasteiger partial charge >= 0.3 is 5.97 Å². The molecule has 0 heterocycles. The van der Waals surface area contributed by atoms with Crippen LogP contribution in [0, 0.1) is 0 Å². The van der Waals surface area contributed by atoms with Crippen LogP contribution in [0.15, 0.2) is 36.4 Å². The van der Waals surface area contributed by atoms with Crippen molar-refractivity contribution in [1.82, 2.24) is 5.32 Å². The molecule has 144 valence electrons. The monoisotopic (exact) mass is 411 g/mol. The Morgan fingerprint density at radius 2 is 1.81 bits per heavy atom. The molecule has 6 nitrogen and oxygen atoms in total. The predicted octanol–water partition coefficient (Wildman–Crippen LogP) is 4.04. The Labute approximate surface area is 167 Å². The van der Waals surface area contributed by atoms with Crippen molar-refractivity contribution < 1.29 is 23.8 Å². The number of hydrogen-bond acceptors (Lipinski definition) is 5. The van der Waals surface area contributed by atoms with Gasteiger partial charge in [0.05, 0.1) is 20.3 Å². The maximum Gasteiger partial charge on any atom is 0.342 e. The maximum atomic E-state index is 12.2. The van der Waals surface area contributed by atoms with Gasteiger partial charge in [0.25, 0.3) is 5.91 Å². The first kappa shape index (κ1) is 20.9. The van der Waals surface area contributed by atoms with Crippen molar-refractivity contribution in [1.29, 1.82) is 0 Å². The average molecular weight is 412 g/mol. The second kappa shape index (κ2) is 9.48. The largest absolute Gasteiger partial charge is 0.497 e. The molecule has 2 aromatic rings. The van der Waals surface area contributed by atoms with Crippen LogP contribution in [0.5, 0.6) is 11.5 Å². The molecule has 2 rings (SSSR count). The van der Waals surface area contributed by atoms with E-state index in [1.807, 2.05) is 0 Å². The van der Waals surface area contributed by atoms with Crippen LogP contribution >= 0.6 is 23.2 Å². The third-order valence-corrected chi connectivity index (χ3v) is 4.33. The first-order valence-corrected chi connectivity index (χ1v) is 8.74. The van der Waals surface area contributed by atoms with Gasteiger partial charge in [-0.3, -0.25) is 4.79 Å². The molecule has 27 heavy (non-hydrogen) atoms. The lowest BCUT2D eigenvalue weighted by Crippen LogP contribution is -2.31. The maximum absolute atomic E-state index is 12.2. The zero-order valence-electron chi connectivity index (χ0n) is 15.0. The molecule has 0 spiro atoms. The summed E-state index contributed by atoms with van der Waals surface area (Å²) in [6.07, 6.45) is 0. The van der Waals surface area contributed by atoms with E-state index >= 15 is 0 Å². The van der Waals surface area contributed by atoms with E-state index in [1.165, 1.54) is 20.3 Å². The van der Waals surface area contributed by atoms with E-state index in [0.717, 1.165) is 0 Å². The normalized spacial score (nSPS) is 11.4. The minimum Gasteiger partial charge on any atom is -0.497 e. The minimum atomic E-state index is -0.679. The number of nitrogens with one attached hydrogen (secondary N) is 1. The van der Waals surface area contributed by atoms with Gasteiger partial charge in [-0.1, -0.05) is 29.3 Å². The first-order chi connectivity index (χ1) is 12.8. The summed E-state index contributed by atoms with van der Waals surface area (Å²) in [6, 6.07) is 9.29. The van der Waals surface area contributed by atoms with E-state index < -0.39 is 18.5 Å². The molecular weight excluding hydrogens is 393 g/mol. The second-order valence-corrected chi connectivity index (χ2v) is 6.44. The highest BCUT2D eigenvalue weighted by Gasteiger charge is 2.18. The van der Waals surface area contributed by atoms with Crippen molar-refractivity contribution in [2.24, 2.45) is 0 Å².